The molecule has 2 fully saturated rings. The zero-order chi connectivity index (χ0) is 34.2. The maximum Gasteiger partial charge on any atom is 0.419 e. The smallest absolute Gasteiger partial charge is 0.419 e. The summed E-state index contributed by atoms with van der Waals surface area (Å²) in [6, 6.07) is 7.59. The minimum absolute atomic E-state index is 0.00926. The summed E-state index contributed by atoms with van der Waals surface area (Å²) < 4.78 is 52.6. The van der Waals surface area contributed by atoms with Crippen molar-refractivity contribution >= 4 is 40.7 Å². The molecule has 1 unspecified atom stereocenters. The molecule has 1 aromatic carbocycles. The van der Waals surface area contributed by atoms with Crippen LogP contribution in [0.2, 0.25) is 0 Å². The normalized spacial score (nSPS) is 19.0. The second-order valence-corrected chi connectivity index (χ2v) is 13.2. The van der Waals surface area contributed by atoms with Crippen molar-refractivity contribution in [3.05, 3.63) is 47.3 Å². The van der Waals surface area contributed by atoms with Gasteiger partial charge in [0, 0.05) is 37.9 Å². The molecule has 46 heavy (non-hydrogen) atoms. The van der Waals surface area contributed by atoms with Crippen molar-refractivity contribution in [1.29, 1.82) is 5.26 Å². The Bertz CT molecular complexity index is 1550. The van der Waals surface area contributed by atoms with Gasteiger partial charge in [0.05, 0.1) is 17.4 Å². The Balaban J connectivity index is 1.46. The van der Waals surface area contributed by atoms with Crippen LogP contribution in [0.4, 0.5) is 29.3 Å². The zero-order valence-electron chi connectivity index (χ0n) is 27.1. The monoisotopic (exact) mass is 660 g/mol. The van der Waals surface area contributed by atoms with Gasteiger partial charge in [-0.2, -0.15) is 18.4 Å². The van der Waals surface area contributed by atoms with Crippen LogP contribution in [0.5, 0.6) is 5.75 Å². The Morgan fingerprint density at radius 1 is 1.17 bits per heavy atom. The molecule has 0 spiro atoms. The van der Waals surface area contributed by atoms with E-state index in [0.29, 0.717) is 50.6 Å². The second kappa shape index (κ2) is 13.0. The highest BCUT2D eigenvalue weighted by Crippen LogP contribution is 2.40. The van der Waals surface area contributed by atoms with Gasteiger partial charge in [-0.25, -0.2) is 9.78 Å². The molecule has 2 aromatic rings. The van der Waals surface area contributed by atoms with E-state index in [9.17, 15) is 22.8 Å². The summed E-state index contributed by atoms with van der Waals surface area (Å²) in [6.45, 7) is 15.8. The number of ether oxygens (including phenoxy) is 2. The Hall–Kier alpha value is -3.96. The van der Waals surface area contributed by atoms with Crippen molar-refractivity contribution in [1.82, 2.24) is 14.8 Å². The highest BCUT2D eigenvalue weighted by Gasteiger charge is 2.51. The first-order valence-electron chi connectivity index (χ1n) is 15.0. The molecule has 2 aliphatic rings. The lowest BCUT2D eigenvalue weighted by atomic mass is 10.0. The quantitative estimate of drug-likeness (QED) is 0.343. The van der Waals surface area contributed by atoms with E-state index < -0.39 is 34.5 Å². The number of piperazine rings is 1. The van der Waals surface area contributed by atoms with Gasteiger partial charge in [-0.3, -0.25) is 14.6 Å². The standard InChI is InChI=1S/C32H39F3N6O4S/c1-8-21-15-22(9-10-26(21)44-14-13-38-11-12-39(20(2)19-38)29(43)45-30(3,4)5)41-28(46)40(27(42)31(41,6)7)23-16-24(32(33,34)35)25(17-36)37-18-23/h9-10,15-16,18,20H,8,11-14,19H2,1-7H3. The lowest BCUT2D eigenvalue weighted by Crippen LogP contribution is -2.55. The van der Waals surface area contributed by atoms with E-state index in [-0.39, 0.29) is 22.9 Å². The Kier molecular flexibility index (Phi) is 9.89. The molecule has 0 N–H and O–H groups in total. The summed E-state index contributed by atoms with van der Waals surface area (Å²) >= 11 is 5.65. The van der Waals surface area contributed by atoms with Gasteiger partial charge in [0.15, 0.2) is 10.8 Å². The van der Waals surface area contributed by atoms with Gasteiger partial charge in [-0.1, -0.05) is 6.92 Å². The molecule has 3 heterocycles. The number of thiocarbonyl (C=S) groups is 1. The third-order valence-corrected chi connectivity index (χ3v) is 8.26. The Labute approximate surface area is 272 Å². The second-order valence-electron chi connectivity index (χ2n) is 12.8. The molecule has 248 valence electrons. The highest BCUT2D eigenvalue weighted by atomic mass is 32.1. The van der Waals surface area contributed by atoms with Gasteiger partial charge < -0.3 is 19.3 Å². The lowest BCUT2D eigenvalue weighted by Gasteiger charge is -2.40. The molecule has 0 saturated carbocycles. The number of rotatable bonds is 7. The summed E-state index contributed by atoms with van der Waals surface area (Å²) in [4.78, 5) is 36.4. The van der Waals surface area contributed by atoms with Crippen molar-refractivity contribution < 1.29 is 32.2 Å². The number of hydrogen-bond donors (Lipinski definition) is 0. The van der Waals surface area contributed by atoms with Crippen LogP contribution in [-0.4, -0.2) is 81.9 Å². The largest absolute Gasteiger partial charge is 0.492 e. The van der Waals surface area contributed by atoms with Crippen LogP contribution in [0.15, 0.2) is 30.5 Å². The minimum atomic E-state index is -4.84. The minimum Gasteiger partial charge on any atom is -0.492 e. The molecule has 2 amide bonds. The lowest BCUT2D eigenvalue weighted by molar-refractivity contribution is -0.138. The van der Waals surface area contributed by atoms with Crippen molar-refractivity contribution in [2.24, 2.45) is 0 Å². The van der Waals surface area contributed by atoms with E-state index in [2.05, 4.69) is 9.88 Å². The van der Waals surface area contributed by atoms with E-state index in [0.717, 1.165) is 22.7 Å². The number of carbonyl (C=O) groups is 2. The van der Waals surface area contributed by atoms with Gasteiger partial charge in [-0.15, -0.1) is 0 Å². The number of carbonyl (C=O) groups excluding carboxylic acids is 2. The van der Waals surface area contributed by atoms with Crippen LogP contribution in [0.1, 0.15) is 65.3 Å². The molecule has 2 saturated heterocycles. The maximum atomic E-state index is 13.6. The van der Waals surface area contributed by atoms with Crippen LogP contribution in [-0.2, 0) is 22.1 Å². The molecular weight excluding hydrogens is 621 g/mol. The maximum absolute atomic E-state index is 13.6. The van der Waals surface area contributed by atoms with Crippen molar-refractivity contribution in [3.63, 3.8) is 0 Å². The number of hydrogen-bond acceptors (Lipinski definition) is 8. The molecule has 0 bridgehead atoms. The van der Waals surface area contributed by atoms with Crippen LogP contribution in [0.3, 0.4) is 0 Å². The van der Waals surface area contributed by atoms with Crippen LogP contribution in [0, 0.1) is 11.3 Å². The summed E-state index contributed by atoms with van der Waals surface area (Å²) in [6.07, 6.45) is -3.49. The third kappa shape index (κ3) is 7.20. The third-order valence-electron chi connectivity index (χ3n) is 7.90. The van der Waals surface area contributed by atoms with Gasteiger partial charge >= 0.3 is 12.3 Å². The number of halogens is 3. The molecule has 1 aromatic heterocycles. The molecule has 10 nitrogen and oxygen atoms in total. The fraction of sp³-hybridized carbons (Fsp3) is 0.531. The van der Waals surface area contributed by atoms with Gasteiger partial charge in [0.25, 0.3) is 5.91 Å². The van der Waals surface area contributed by atoms with E-state index in [1.165, 1.54) is 6.07 Å². The number of pyridine rings is 1. The Morgan fingerprint density at radius 2 is 1.87 bits per heavy atom. The summed E-state index contributed by atoms with van der Waals surface area (Å²) in [7, 11) is 0. The van der Waals surface area contributed by atoms with Crippen molar-refractivity contribution in [2.45, 2.75) is 78.2 Å². The number of alkyl halides is 3. The predicted octanol–water partition coefficient (Wildman–Crippen LogP) is 5.77. The summed E-state index contributed by atoms with van der Waals surface area (Å²) in [5.74, 6) is 0.139. The fourth-order valence-electron chi connectivity index (χ4n) is 5.57. The van der Waals surface area contributed by atoms with E-state index in [4.69, 9.17) is 27.0 Å². The molecule has 0 aliphatic carbocycles. The number of aromatic nitrogens is 1. The average molecular weight is 661 g/mol. The summed E-state index contributed by atoms with van der Waals surface area (Å²) in [5.41, 5.74) is -2.53. The number of benzene rings is 1. The average Bonchev–Trinajstić information content (AvgIpc) is 3.14. The number of nitriles is 1. The molecule has 2 aliphatic heterocycles. The predicted molar refractivity (Wildman–Crippen MR) is 171 cm³/mol. The number of aryl methyl sites for hydroxylation is 1. The van der Waals surface area contributed by atoms with Crippen LogP contribution < -0.4 is 14.5 Å². The van der Waals surface area contributed by atoms with Crippen LogP contribution >= 0.6 is 12.2 Å². The molecule has 1 atom stereocenters. The first-order valence-corrected chi connectivity index (χ1v) is 15.4. The first-order chi connectivity index (χ1) is 21.4. The first kappa shape index (κ1) is 34.9. The molecule has 4 rings (SSSR count). The van der Waals surface area contributed by atoms with Crippen molar-refractivity contribution in [3.8, 4) is 11.8 Å². The highest BCUT2D eigenvalue weighted by molar-refractivity contribution is 7.81. The molecule has 0 radical (unpaired) electrons. The molecule has 14 heteroatoms. The topological polar surface area (TPSA) is 102 Å². The van der Waals surface area contributed by atoms with Gasteiger partial charge in [0.1, 0.15) is 29.6 Å². The van der Waals surface area contributed by atoms with Gasteiger partial charge in [-0.05, 0) is 90.0 Å². The fourth-order valence-corrected chi connectivity index (χ4v) is 6.09. The zero-order valence-corrected chi connectivity index (χ0v) is 27.9. The van der Waals surface area contributed by atoms with E-state index >= 15 is 0 Å². The molecular formula is C32H39F3N6O4S. The van der Waals surface area contributed by atoms with Crippen molar-refractivity contribution in [2.75, 3.05) is 42.6 Å². The summed E-state index contributed by atoms with van der Waals surface area (Å²) in [5, 5.41) is 9.11. The number of nitrogens with zero attached hydrogens (tertiary/aromatic N) is 6. The van der Waals surface area contributed by atoms with Crippen LogP contribution in [0.25, 0.3) is 0 Å². The van der Waals surface area contributed by atoms with E-state index in [1.807, 2.05) is 40.7 Å². The SMILES string of the molecule is CCc1cc(N2C(=S)N(c3cnc(C#N)c(C(F)(F)F)c3)C(=O)C2(C)C)ccc1OCCN1CCN(C(=O)OC(C)(C)C)C(C)C1. The number of anilines is 2. The number of amides is 2. The van der Waals surface area contributed by atoms with Gasteiger partial charge in [0.2, 0.25) is 0 Å². The Morgan fingerprint density at radius 3 is 2.46 bits per heavy atom. The van der Waals surface area contributed by atoms with E-state index in [1.54, 1.807) is 35.8 Å².